The van der Waals surface area contributed by atoms with Crippen LogP contribution < -0.4 is 11.1 Å². The molecule has 72 heavy (non-hydrogen) atoms. The molecule has 0 N–H and O–H groups in total. The van der Waals surface area contributed by atoms with Gasteiger partial charge in [0.25, 0.3) is 11.1 Å². The van der Waals surface area contributed by atoms with E-state index in [1.807, 2.05) is 57.7 Å². The van der Waals surface area contributed by atoms with Crippen LogP contribution >= 0.6 is 17.0 Å². The fourth-order valence-corrected chi connectivity index (χ4v) is 16.2. The number of ketones is 1. The minimum absolute atomic E-state index is 0. The topological polar surface area (TPSA) is 123 Å². The Balaban J connectivity index is 0.000000203. The smallest absolute Gasteiger partial charge is 1.00 e. The Hall–Kier alpha value is -3.01. The van der Waals surface area contributed by atoms with Crippen molar-refractivity contribution in [1.82, 2.24) is 34.0 Å². The molecule has 2 aromatic carbocycles. The molecule has 2 aromatic heterocycles. The van der Waals surface area contributed by atoms with Crippen molar-refractivity contribution in [3.05, 3.63) is 88.1 Å². The van der Waals surface area contributed by atoms with Crippen molar-refractivity contribution in [2.45, 2.75) is 209 Å². The van der Waals surface area contributed by atoms with Gasteiger partial charge in [0.1, 0.15) is 0 Å². The van der Waals surface area contributed by atoms with E-state index < -0.39 is 5.91 Å². The van der Waals surface area contributed by atoms with E-state index in [2.05, 4.69) is 19.8 Å². The van der Waals surface area contributed by atoms with E-state index in [-0.39, 0.29) is 89.3 Å². The third-order valence-electron chi connectivity index (χ3n) is 19.0. The fraction of sp³-hybridized carbons (Fsp3) is 0.672. The van der Waals surface area contributed by atoms with Crippen molar-refractivity contribution < 1.29 is 15.9 Å². The number of hydrogen-bond donors (Lipinski definition) is 0. The summed E-state index contributed by atoms with van der Waals surface area (Å²) in [7, 11) is 2.95. The quantitative estimate of drug-likeness (QED) is 0.0770. The average molecular weight is 1060 g/mol. The average Bonchev–Trinajstić information content (AvgIpc) is 3.63. The third-order valence-corrected chi connectivity index (χ3v) is 19.0. The maximum atomic E-state index is 13.8. The van der Waals surface area contributed by atoms with E-state index in [0.717, 1.165) is 77.0 Å². The summed E-state index contributed by atoms with van der Waals surface area (Å²) in [6.45, 7) is 1.46. The molecule has 4 aliphatic heterocycles. The number of halogens is 1. The zero-order chi connectivity index (χ0) is 47.3. The van der Waals surface area contributed by atoms with Crippen LogP contribution in [0.3, 0.4) is 0 Å². The predicted molar refractivity (Wildman–Crippen MR) is 294 cm³/mol. The fourth-order valence-electron chi connectivity index (χ4n) is 16.2. The van der Waals surface area contributed by atoms with Crippen molar-refractivity contribution in [2.75, 3.05) is 14.2 Å². The molecule has 4 saturated heterocycles. The molecule has 14 heteroatoms. The van der Waals surface area contributed by atoms with Crippen LogP contribution in [0.25, 0.3) is 22.1 Å². The van der Waals surface area contributed by atoms with E-state index in [4.69, 9.17) is 4.84 Å². The number of rotatable bonds is 7. The van der Waals surface area contributed by atoms with Crippen molar-refractivity contribution in [2.24, 2.45) is 23.7 Å². The van der Waals surface area contributed by atoms with Gasteiger partial charge in [-0.05, 0) is 138 Å². The Morgan fingerprint density at radius 3 is 1.26 bits per heavy atom. The van der Waals surface area contributed by atoms with Crippen LogP contribution in [0, 0.1) is 31.1 Å². The standard InChI is InChI=1S/C29H40N4O3.C28H37N3O2.CH3.BrH.Mg.H/c1-31(36-2)28(34)27-29(35)33(26-13-6-5-12-25(26)30-27)24-17-21-10-7-11-22(18-24)32(21)23-15-19-8-3-4-9-20(14-19)16-23;1-18(32)27-28(33)31(26-12-5-4-11-25(26)29-27)24-16-21-9-6-10-22(17-24)30(21)23-14-19-7-2-3-8-20(13-19)15-23;;;;/h5-6,12-13,19-24H,3-4,7-11,14-18H2,1-2H3;4-5,11-12,19-24H,2-3,6-10,13-17H2,1H3;1H3;1H;;/q;;-1;;+2;-1/t2*19?,20?,21-,22+,23?,24?;;;;. The van der Waals surface area contributed by atoms with E-state index in [0.29, 0.717) is 35.7 Å². The number of Topliss-reactive ketones (excluding diaryl/α,β-unsaturated/α-hetero) is 1. The first-order chi connectivity index (χ1) is 33.6. The molecule has 0 spiro atoms. The van der Waals surface area contributed by atoms with E-state index in [9.17, 15) is 19.2 Å². The molecular formula is C58H82BrMgN7O5. The Kier molecular flexibility index (Phi) is 18.3. The molecule has 4 aliphatic carbocycles. The van der Waals surface area contributed by atoms with Crippen LogP contribution in [0.15, 0.2) is 58.1 Å². The number of nitrogens with zero attached hydrogens (tertiary/aromatic N) is 7. The minimum atomic E-state index is -0.496. The molecule has 12 rings (SSSR count). The predicted octanol–water partition coefficient (Wildman–Crippen LogP) is 11.2. The van der Waals surface area contributed by atoms with Gasteiger partial charge in [-0.15, -0.1) is 17.0 Å². The summed E-state index contributed by atoms with van der Waals surface area (Å²) in [6, 6.07) is 19.5. The molecule has 388 valence electrons. The number of amides is 1. The van der Waals surface area contributed by atoms with Gasteiger partial charge >= 0.3 is 29.0 Å². The van der Waals surface area contributed by atoms with E-state index in [1.54, 1.807) is 0 Å². The van der Waals surface area contributed by atoms with Gasteiger partial charge in [-0.3, -0.25) is 33.8 Å². The Morgan fingerprint density at radius 2 is 0.889 bits per heavy atom. The number of fused-ring (bicyclic) bond motifs is 10. The van der Waals surface area contributed by atoms with Gasteiger partial charge in [0, 0.05) is 62.3 Å². The zero-order valence-electron chi connectivity index (χ0n) is 44.8. The first-order valence-corrected chi connectivity index (χ1v) is 27.5. The van der Waals surface area contributed by atoms with Crippen LogP contribution in [0.2, 0.25) is 0 Å². The van der Waals surface area contributed by atoms with Crippen molar-refractivity contribution >= 4 is 73.8 Å². The number of benzene rings is 2. The Bertz CT molecular complexity index is 2610. The molecule has 6 unspecified atom stereocenters. The second kappa shape index (κ2) is 23.9. The monoisotopic (exact) mass is 1060 g/mol. The zero-order valence-corrected chi connectivity index (χ0v) is 46.9. The van der Waals surface area contributed by atoms with Crippen LogP contribution in [0.5, 0.6) is 0 Å². The van der Waals surface area contributed by atoms with Gasteiger partial charge in [0.05, 0.1) is 29.2 Å². The van der Waals surface area contributed by atoms with Crippen LogP contribution in [0.1, 0.15) is 196 Å². The van der Waals surface area contributed by atoms with Crippen LogP contribution in [0.4, 0.5) is 0 Å². The third kappa shape index (κ3) is 11.0. The largest absolute Gasteiger partial charge is 2.00 e. The summed E-state index contributed by atoms with van der Waals surface area (Å²) >= 11 is 0. The summed E-state index contributed by atoms with van der Waals surface area (Å²) in [5.74, 6) is 2.95. The van der Waals surface area contributed by atoms with E-state index >= 15 is 0 Å². The van der Waals surface area contributed by atoms with Crippen LogP contribution in [-0.4, -0.2) is 119 Å². The summed E-state index contributed by atoms with van der Waals surface area (Å²) in [5, 5.41) is 1.09. The molecule has 0 radical (unpaired) electrons. The number of hydroxylamine groups is 2. The van der Waals surface area contributed by atoms with Crippen molar-refractivity contribution in [1.29, 1.82) is 0 Å². The number of piperidine rings is 4. The maximum absolute atomic E-state index is 13.8. The van der Waals surface area contributed by atoms with Crippen molar-refractivity contribution in [3.63, 3.8) is 0 Å². The van der Waals surface area contributed by atoms with Crippen molar-refractivity contribution in [3.8, 4) is 0 Å². The molecular weight excluding hydrogens is 979 g/mol. The number of carbonyl (C=O) groups is 2. The van der Waals surface area contributed by atoms with Gasteiger partial charge in [-0.1, -0.05) is 88.5 Å². The van der Waals surface area contributed by atoms with Gasteiger partial charge < -0.3 is 18.0 Å². The minimum Gasteiger partial charge on any atom is -1.00 e. The van der Waals surface area contributed by atoms with Gasteiger partial charge in [0.15, 0.2) is 17.2 Å². The summed E-state index contributed by atoms with van der Waals surface area (Å²) < 4.78 is 3.85. The molecule has 6 heterocycles. The molecule has 4 saturated carbocycles. The number of para-hydroxylation sites is 4. The Labute approximate surface area is 456 Å². The first-order valence-electron chi connectivity index (χ1n) is 27.5. The second-order valence-electron chi connectivity index (χ2n) is 23.2. The van der Waals surface area contributed by atoms with Crippen LogP contribution in [-0.2, 0) is 4.84 Å². The summed E-state index contributed by atoms with van der Waals surface area (Å²) in [4.78, 5) is 72.3. The molecule has 10 atom stereocenters. The SMILES string of the molecule is Br.CC(=O)c1nc2ccccc2n(C2C[C@H]3CCC[C@@H](C2)N3C2CC3CCCCC(C3)C2)c1=O.CON(C)C(=O)c1nc2ccccc2n(C2C[C@H]3CCC[C@@H](C2)N3C2CC3CCCCC(C3)C2)c1=O.[CH3-].[H-].[Mg+2]. The van der Waals surface area contributed by atoms with Gasteiger partial charge in [0.2, 0.25) is 0 Å². The molecule has 8 aliphatic rings. The maximum Gasteiger partial charge on any atom is 2.00 e. The molecule has 8 fully saturated rings. The molecule has 8 bridgehead atoms. The molecule has 1 amide bonds. The second-order valence-corrected chi connectivity index (χ2v) is 23.2. The number of hydrogen-bond acceptors (Lipinski definition) is 9. The first kappa shape index (κ1) is 55.2. The van der Waals surface area contributed by atoms with Gasteiger partial charge in [-0.2, -0.15) is 0 Å². The van der Waals surface area contributed by atoms with E-state index in [1.165, 1.54) is 149 Å². The molecule has 4 aromatic rings. The summed E-state index contributed by atoms with van der Waals surface area (Å²) in [6.07, 6.45) is 31.4. The van der Waals surface area contributed by atoms with Gasteiger partial charge in [-0.25, -0.2) is 15.0 Å². The summed E-state index contributed by atoms with van der Waals surface area (Å²) in [5.41, 5.74) is 2.72. The Morgan fingerprint density at radius 1 is 0.528 bits per heavy atom. The normalized spacial score (nSPS) is 32.3. The number of carbonyl (C=O) groups excluding carboxylic acids is 2. The molecule has 12 nitrogen and oxygen atoms in total. The number of aromatic nitrogens is 4.